The summed E-state index contributed by atoms with van der Waals surface area (Å²) < 4.78 is 39.3. The number of hydrogen-bond donors (Lipinski definition) is 2. The van der Waals surface area contributed by atoms with Gasteiger partial charge in [-0.25, -0.2) is 12.8 Å². The van der Waals surface area contributed by atoms with E-state index in [9.17, 15) is 17.6 Å². The lowest BCUT2D eigenvalue weighted by molar-refractivity contribution is 0.0950. The first-order valence-corrected chi connectivity index (χ1v) is 8.46. The van der Waals surface area contributed by atoms with E-state index < -0.39 is 21.7 Å². The number of terminal acetylenes is 1. The van der Waals surface area contributed by atoms with E-state index in [1.54, 1.807) is 12.1 Å². The van der Waals surface area contributed by atoms with Crippen LogP contribution < -0.4 is 10.0 Å². The monoisotopic (exact) mass is 346 g/mol. The number of hydrogen-bond acceptors (Lipinski definition) is 3. The number of carbonyl (C=O) groups is 1. The number of halogens is 1. The highest BCUT2D eigenvalue weighted by Crippen LogP contribution is 2.12. The van der Waals surface area contributed by atoms with E-state index in [4.69, 9.17) is 6.42 Å². The largest absolute Gasteiger partial charge is 0.348 e. The van der Waals surface area contributed by atoms with Crippen molar-refractivity contribution in [2.45, 2.75) is 11.4 Å². The lowest BCUT2D eigenvalue weighted by Gasteiger charge is -2.08. The SMILES string of the molecule is C#CCNS(=O)(=O)c1cccc(C(=O)NCc2cccc(F)c2)c1. The van der Waals surface area contributed by atoms with Crippen LogP contribution in [0.4, 0.5) is 4.39 Å². The zero-order valence-electron chi connectivity index (χ0n) is 12.6. The maximum atomic E-state index is 13.1. The molecule has 0 saturated carbocycles. The fraction of sp³-hybridized carbons (Fsp3) is 0.118. The number of amides is 1. The quantitative estimate of drug-likeness (QED) is 0.781. The van der Waals surface area contributed by atoms with Gasteiger partial charge in [0.1, 0.15) is 5.82 Å². The summed E-state index contributed by atoms with van der Waals surface area (Å²) in [5, 5.41) is 2.61. The smallest absolute Gasteiger partial charge is 0.251 e. The van der Waals surface area contributed by atoms with Crippen LogP contribution in [-0.2, 0) is 16.6 Å². The van der Waals surface area contributed by atoms with Gasteiger partial charge in [-0.3, -0.25) is 4.79 Å². The summed E-state index contributed by atoms with van der Waals surface area (Å²) in [4.78, 5) is 12.1. The summed E-state index contributed by atoms with van der Waals surface area (Å²) in [7, 11) is -3.77. The molecule has 1 amide bonds. The molecule has 7 heteroatoms. The van der Waals surface area contributed by atoms with Gasteiger partial charge in [-0.2, -0.15) is 4.72 Å². The Morgan fingerprint density at radius 2 is 1.92 bits per heavy atom. The molecule has 0 aliphatic heterocycles. The van der Waals surface area contributed by atoms with E-state index >= 15 is 0 Å². The Morgan fingerprint density at radius 1 is 1.17 bits per heavy atom. The van der Waals surface area contributed by atoms with E-state index in [2.05, 4.69) is 16.0 Å². The van der Waals surface area contributed by atoms with Crippen LogP contribution in [0.25, 0.3) is 0 Å². The number of nitrogens with one attached hydrogen (secondary N) is 2. The lowest BCUT2D eigenvalue weighted by atomic mass is 10.2. The van der Waals surface area contributed by atoms with Gasteiger partial charge in [-0.1, -0.05) is 24.1 Å². The van der Waals surface area contributed by atoms with Crippen LogP contribution in [0.1, 0.15) is 15.9 Å². The van der Waals surface area contributed by atoms with Crippen LogP contribution in [-0.4, -0.2) is 20.9 Å². The Balaban J connectivity index is 2.10. The standard InChI is InChI=1S/C17H15FN2O3S/c1-2-9-20-24(22,23)16-8-4-6-14(11-16)17(21)19-12-13-5-3-7-15(18)10-13/h1,3-8,10-11,20H,9,12H2,(H,19,21). The second-order valence-electron chi connectivity index (χ2n) is 4.87. The highest BCUT2D eigenvalue weighted by atomic mass is 32.2. The third-order valence-corrected chi connectivity index (χ3v) is 4.51. The fourth-order valence-corrected chi connectivity index (χ4v) is 2.94. The highest BCUT2D eigenvalue weighted by molar-refractivity contribution is 7.89. The van der Waals surface area contributed by atoms with Gasteiger partial charge in [-0.15, -0.1) is 6.42 Å². The van der Waals surface area contributed by atoms with Gasteiger partial charge in [0.25, 0.3) is 5.91 Å². The molecular weight excluding hydrogens is 331 g/mol. The van der Waals surface area contributed by atoms with Crippen molar-refractivity contribution in [3.8, 4) is 12.3 Å². The lowest BCUT2D eigenvalue weighted by Crippen LogP contribution is -2.25. The molecule has 0 heterocycles. The molecule has 2 N–H and O–H groups in total. The van der Waals surface area contributed by atoms with Gasteiger partial charge in [-0.05, 0) is 35.9 Å². The molecule has 0 saturated heterocycles. The van der Waals surface area contributed by atoms with Crippen molar-refractivity contribution in [2.75, 3.05) is 6.54 Å². The number of benzene rings is 2. The first-order chi connectivity index (χ1) is 11.4. The Bertz CT molecular complexity index is 889. The number of sulfonamides is 1. The average Bonchev–Trinajstić information content (AvgIpc) is 2.58. The first kappa shape index (κ1) is 17.7. The van der Waals surface area contributed by atoms with Gasteiger partial charge in [0, 0.05) is 12.1 Å². The zero-order valence-corrected chi connectivity index (χ0v) is 13.4. The van der Waals surface area contributed by atoms with E-state index in [0.29, 0.717) is 5.56 Å². The Morgan fingerprint density at radius 3 is 2.62 bits per heavy atom. The van der Waals surface area contributed by atoms with Crippen LogP contribution in [0.15, 0.2) is 53.4 Å². The molecule has 0 spiro atoms. The Labute approximate surface area is 139 Å². The van der Waals surface area contributed by atoms with Gasteiger partial charge >= 0.3 is 0 Å². The van der Waals surface area contributed by atoms with Crippen molar-refractivity contribution in [1.82, 2.24) is 10.0 Å². The highest BCUT2D eigenvalue weighted by Gasteiger charge is 2.15. The molecule has 2 rings (SSSR count). The average molecular weight is 346 g/mol. The summed E-state index contributed by atoms with van der Waals surface area (Å²) in [5.41, 5.74) is 0.776. The van der Waals surface area contributed by atoms with E-state index in [1.165, 1.54) is 36.4 Å². The molecule has 0 aliphatic carbocycles. The summed E-state index contributed by atoms with van der Waals surface area (Å²) in [6, 6.07) is 11.4. The molecule has 0 aliphatic rings. The van der Waals surface area contributed by atoms with Gasteiger partial charge in [0.2, 0.25) is 10.0 Å². The van der Waals surface area contributed by atoms with Gasteiger partial charge in [0.15, 0.2) is 0 Å². The van der Waals surface area contributed by atoms with Gasteiger partial charge < -0.3 is 5.32 Å². The van der Waals surface area contributed by atoms with Crippen molar-refractivity contribution in [2.24, 2.45) is 0 Å². The van der Waals surface area contributed by atoms with Crippen LogP contribution in [0, 0.1) is 18.2 Å². The third-order valence-electron chi connectivity index (χ3n) is 3.11. The molecule has 0 bridgehead atoms. The van der Waals surface area contributed by atoms with E-state index in [0.717, 1.165) is 0 Å². The molecule has 0 radical (unpaired) electrons. The molecule has 0 aromatic heterocycles. The van der Waals surface area contributed by atoms with E-state index in [-0.39, 0.29) is 23.5 Å². The fourth-order valence-electron chi connectivity index (χ4n) is 1.96. The summed E-state index contributed by atoms with van der Waals surface area (Å²) >= 11 is 0. The third kappa shape index (κ3) is 4.65. The molecule has 0 unspecified atom stereocenters. The molecule has 2 aromatic carbocycles. The predicted molar refractivity (Wildman–Crippen MR) is 88.0 cm³/mol. The Kier molecular flexibility index (Phi) is 5.68. The molecule has 24 heavy (non-hydrogen) atoms. The first-order valence-electron chi connectivity index (χ1n) is 6.98. The maximum Gasteiger partial charge on any atom is 0.251 e. The van der Waals surface area contributed by atoms with Crippen molar-refractivity contribution in [3.63, 3.8) is 0 Å². The number of carbonyl (C=O) groups excluding carboxylic acids is 1. The Hall–Kier alpha value is -2.69. The van der Waals surface area contributed by atoms with Gasteiger partial charge in [0.05, 0.1) is 11.4 Å². The molecule has 2 aromatic rings. The minimum absolute atomic E-state index is 0.0591. The van der Waals surface area contributed by atoms with Crippen LogP contribution >= 0.6 is 0 Å². The van der Waals surface area contributed by atoms with Crippen molar-refractivity contribution >= 4 is 15.9 Å². The van der Waals surface area contributed by atoms with Crippen molar-refractivity contribution < 1.29 is 17.6 Å². The van der Waals surface area contributed by atoms with Crippen LogP contribution in [0.2, 0.25) is 0 Å². The normalized spacial score (nSPS) is 10.8. The van der Waals surface area contributed by atoms with Crippen molar-refractivity contribution in [3.05, 3.63) is 65.5 Å². The number of rotatable bonds is 6. The second kappa shape index (κ2) is 7.73. The summed E-state index contributed by atoms with van der Waals surface area (Å²) in [6.45, 7) is -0.0127. The predicted octanol–water partition coefficient (Wildman–Crippen LogP) is 1.67. The summed E-state index contributed by atoms with van der Waals surface area (Å²) in [6.07, 6.45) is 5.03. The van der Waals surface area contributed by atoms with E-state index in [1.807, 2.05) is 0 Å². The molecule has 0 atom stereocenters. The molecule has 0 fully saturated rings. The molecular formula is C17H15FN2O3S. The zero-order chi connectivity index (χ0) is 17.6. The maximum absolute atomic E-state index is 13.1. The minimum Gasteiger partial charge on any atom is -0.348 e. The molecule has 5 nitrogen and oxygen atoms in total. The second-order valence-corrected chi connectivity index (χ2v) is 6.64. The minimum atomic E-state index is -3.77. The molecule has 124 valence electrons. The topological polar surface area (TPSA) is 75.3 Å². The van der Waals surface area contributed by atoms with Crippen LogP contribution in [0.5, 0.6) is 0 Å². The summed E-state index contributed by atoms with van der Waals surface area (Å²) in [5.74, 6) is 1.32. The van der Waals surface area contributed by atoms with Crippen LogP contribution in [0.3, 0.4) is 0 Å². The van der Waals surface area contributed by atoms with Crippen molar-refractivity contribution in [1.29, 1.82) is 0 Å².